The van der Waals surface area contributed by atoms with Crippen LogP contribution in [-0.4, -0.2) is 52.4 Å². The lowest BCUT2D eigenvalue weighted by molar-refractivity contribution is -0.392. The minimum Gasteiger partial charge on any atom is -0.508 e. The Bertz CT molecular complexity index is 2130. The molecule has 1 heterocycles. The highest BCUT2D eigenvalue weighted by atomic mass is 16.6. The number of hydrogen-bond donors (Lipinski definition) is 1. The number of ketones is 2. The Morgan fingerprint density at radius 1 is 0.917 bits per heavy atom. The molecule has 4 aliphatic rings. The van der Waals surface area contributed by atoms with Crippen molar-refractivity contribution < 1.29 is 34.1 Å². The number of hydrogen-bond acceptors (Lipinski definition) is 10. The summed E-state index contributed by atoms with van der Waals surface area (Å²) in [7, 11) is 2.82. The van der Waals surface area contributed by atoms with Gasteiger partial charge in [-0.3, -0.25) is 39.4 Å². The van der Waals surface area contributed by atoms with Crippen molar-refractivity contribution >= 4 is 56.9 Å². The molecule has 13 nitrogen and oxygen atoms in total. The Labute approximate surface area is 272 Å². The molecule has 3 aromatic carbocycles. The first kappa shape index (κ1) is 30.7. The van der Waals surface area contributed by atoms with Crippen LogP contribution in [-0.2, 0) is 19.2 Å². The molecule has 13 heteroatoms. The van der Waals surface area contributed by atoms with Gasteiger partial charge in [0.15, 0.2) is 17.3 Å². The third-order valence-corrected chi connectivity index (χ3v) is 9.95. The number of phenols is 1. The van der Waals surface area contributed by atoms with Gasteiger partial charge in [0.2, 0.25) is 11.8 Å². The highest BCUT2D eigenvalue weighted by Gasteiger charge is 2.57. The Kier molecular flexibility index (Phi) is 6.89. The largest absolute Gasteiger partial charge is 0.508 e. The average Bonchev–Trinajstić information content (AvgIpc) is 3.31. The Morgan fingerprint density at radius 2 is 1.58 bits per heavy atom. The normalized spacial score (nSPS) is 23.4. The van der Waals surface area contributed by atoms with E-state index in [-0.39, 0.29) is 58.3 Å². The predicted molar refractivity (Wildman–Crippen MR) is 174 cm³/mol. The van der Waals surface area contributed by atoms with E-state index in [1.54, 1.807) is 24.3 Å². The smallest absolute Gasteiger partial charge is 0.301 e. The topological polar surface area (TPSA) is 181 Å². The summed E-state index contributed by atoms with van der Waals surface area (Å²) >= 11 is 0. The van der Waals surface area contributed by atoms with E-state index in [4.69, 9.17) is 0 Å². The minimum atomic E-state index is -1.04. The number of Topliss-reactive ketones (excluding diaryl/α,β-unsaturated/α-hetero) is 1. The van der Waals surface area contributed by atoms with Crippen molar-refractivity contribution in [1.82, 2.24) is 0 Å². The molecule has 1 fully saturated rings. The summed E-state index contributed by atoms with van der Waals surface area (Å²) in [6.45, 7) is 1.53. The first-order valence-electron chi connectivity index (χ1n) is 15.2. The van der Waals surface area contributed by atoms with Gasteiger partial charge in [-0.2, -0.15) is 0 Å². The number of fused-ring (bicyclic) bond motifs is 4. The van der Waals surface area contributed by atoms with Gasteiger partial charge in [0, 0.05) is 54.4 Å². The Balaban J connectivity index is 1.40. The number of imide groups is 1. The molecule has 1 saturated heterocycles. The molecule has 7 rings (SSSR count). The van der Waals surface area contributed by atoms with Crippen molar-refractivity contribution in [2.75, 3.05) is 23.9 Å². The number of anilines is 2. The highest BCUT2D eigenvalue weighted by Crippen LogP contribution is 2.57. The second-order valence-electron chi connectivity index (χ2n) is 12.7. The molecule has 48 heavy (non-hydrogen) atoms. The Hall–Kier alpha value is -5.98. The van der Waals surface area contributed by atoms with Gasteiger partial charge >= 0.3 is 11.4 Å². The molecule has 0 radical (unpaired) electrons. The fraction of sp³-hybridized carbons (Fsp3) is 0.257. The average molecular weight is 649 g/mol. The van der Waals surface area contributed by atoms with Gasteiger partial charge in [0.25, 0.3) is 0 Å². The molecule has 0 saturated carbocycles. The van der Waals surface area contributed by atoms with Crippen LogP contribution in [0.5, 0.6) is 5.75 Å². The quantitative estimate of drug-likeness (QED) is 0.129. The summed E-state index contributed by atoms with van der Waals surface area (Å²) in [5, 5.41) is 36.9. The van der Waals surface area contributed by atoms with Crippen LogP contribution in [0.15, 0.2) is 83.0 Å². The van der Waals surface area contributed by atoms with Crippen LogP contribution < -0.4 is 9.80 Å². The fourth-order valence-electron chi connectivity index (χ4n) is 8.01. The number of rotatable bonds is 5. The SMILES string of the molecule is CC1=CC(=O)C2=C(CC3C(=CCC4C(=O)N(c5cc([N+](=O)[O-])c(N(C)C)c([N+](=O)[O-])c5)C(=O)C43)C2c2c(O)ccc3ccccc23)C1=O. The van der Waals surface area contributed by atoms with Crippen molar-refractivity contribution in [1.29, 1.82) is 0 Å². The van der Waals surface area contributed by atoms with Gasteiger partial charge in [-0.05, 0) is 48.6 Å². The van der Waals surface area contributed by atoms with E-state index in [0.29, 0.717) is 16.5 Å². The van der Waals surface area contributed by atoms with E-state index in [1.807, 2.05) is 12.1 Å². The lowest BCUT2D eigenvalue weighted by atomic mass is 9.59. The van der Waals surface area contributed by atoms with E-state index >= 15 is 0 Å². The van der Waals surface area contributed by atoms with Gasteiger partial charge in [-0.25, -0.2) is 4.90 Å². The van der Waals surface area contributed by atoms with Gasteiger partial charge in [-0.15, -0.1) is 0 Å². The van der Waals surface area contributed by atoms with Crippen LogP contribution >= 0.6 is 0 Å². The number of nitro benzene ring substituents is 2. The first-order chi connectivity index (χ1) is 22.8. The number of benzene rings is 3. The fourth-order valence-corrected chi connectivity index (χ4v) is 8.01. The Morgan fingerprint density at radius 3 is 2.23 bits per heavy atom. The van der Waals surface area contributed by atoms with Gasteiger partial charge < -0.3 is 10.0 Å². The molecule has 4 atom stereocenters. The van der Waals surface area contributed by atoms with Crippen LogP contribution in [0, 0.1) is 38.0 Å². The lowest BCUT2D eigenvalue weighted by Crippen LogP contribution is -2.40. The second kappa shape index (κ2) is 10.8. The maximum absolute atomic E-state index is 14.4. The number of carbonyl (C=O) groups excluding carboxylic acids is 4. The van der Waals surface area contributed by atoms with Crippen LogP contribution in [0.25, 0.3) is 10.8 Å². The second-order valence-corrected chi connectivity index (χ2v) is 12.7. The van der Waals surface area contributed by atoms with Crippen LogP contribution in [0.2, 0.25) is 0 Å². The van der Waals surface area contributed by atoms with Crippen LogP contribution in [0.4, 0.5) is 22.7 Å². The lowest BCUT2D eigenvalue weighted by Gasteiger charge is -2.42. The van der Waals surface area contributed by atoms with Crippen molar-refractivity contribution in [3.05, 3.63) is 109 Å². The molecule has 0 spiro atoms. The van der Waals surface area contributed by atoms with E-state index in [1.165, 1.54) is 38.1 Å². The third kappa shape index (κ3) is 4.30. The summed E-state index contributed by atoms with van der Waals surface area (Å²) in [5.74, 6) is -5.84. The zero-order valence-electron chi connectivity index (χ0n) is 26.0. The first-order valence-corrected chi connectivity index (χ1v) is 15.2. The van der Waals surface area contributed by atoms with E-state index in [0.717, 1.165) is 22.4 Å². The highest BCUT2D eigenvalue weighted by molar-refractivity contribution is 6.25. The molecule has 1 N–H and O–H groups in total. The van der Waals surface area contributed by atoms with Crippen molar-refractivity contribution in [2.45, 2.75) is 25.7 Å². The molecule has 3 aliphatic carbocycles. The molecular formula is C35H28N4O9. The summed E-state index contributed by atoms with van der Waals surface area (Å²) in [5.41, 5.74) is -0.207. The monoisotopic (exact) mass is 648 g/mol. The van der Waals surface area contributed by atoms with Crippen molar-refractivity contribution in [2.24, 2.45) is 17.8 Å². The molecule has 0 bridgehead atoms. The number of amides is 2. The number of phenolic OH excluding ortho intramolecular Hbond substituents is 1. The maximum atomic E-state index is 14.4. The molecule has 2 amide bonds. The zero-order valence-corrected chi connectivity index (χ0v) is 26.0. The number of nitro groups is 2. The van der Waals surface area contributed by atoms with Crippen molar-refractivity contribution in [3.8, 4) is 5.75 Å². The molecular weight excluding hydrogens is 620 g/mol. The minimum absolute atomic E-state index is 0.0210. The van der Waals surface area contributed by atoms with Gasteiger partial charge in [-0.1, -0.05) is 42.0 Å². The summed E-state index contributed by atoms with van der Waals surface area (Å²) in [6.07, 6.45) is 3.12. The molecule has 0 aromatic heterocycles. The number of allylic oxidation sites excluding steroid dienone is 6. The third-order valence-electron chi connectivity index (χ3n) is 9.95. The standard InChI is InChI=1S/C35H28N4O9/c1-16-12-27(41)30-23(33(16)42)15-22-20(31(30)29-19-7-5-4-6-17(19)8-11-26(29)40)9-10-21-28(22)35(44)37(34(21)43)18-13-24(38(45)46)32(36(2)3)25(14-18)39(47)48/h4-9,11-14,21-22,28,31,40H,10,15H2,1-3H3. The van der Waals surface area contributed by atoms with E-state index in [9.17, 15) is 44.5 Å². The summed E-state index contributed by atoms with van der Waals surface area (Å²) in [6, 6.07) is 12.5. The van der Waals surface area contributed by atoms with E-state index in [2.05, 4.69) is 0 Å². The van der Waals surface area contributed by atoms with Gasteiger partial charge in [0.1, 0.15) is 5.75 Å². The summed E-state index contributed by atoms with van der Waals surface area (Å²) in [4.78, 5) is 80.2. The van der Waals surface area contributed by atoms with Crippen LogP contribution in [0.1, 0.15) is 31.2 Å². The molecule has 4 unspecified atom stereocenters. The zero-order chi connectivity index (χ0) is 34.3. The number of aromatic hydroxyl groups is 1. The van der Waals surface area contributed by atoms with Crippen molar-refractivity contribution in [3.63, 3.8) is 0 Å². The molecule has 242 valence electrons. The van der Waals surface area contributed by atoms with Crippen LogP contribution in [0.3, 0.4) is 0 Å². The molecule has 1 aliphatic heterocycles. The van der Waals surface area contributed by atoms with Gasteiger partial charge in [0.05, 0.1) is 27.4 Å². The number of carbonyl (C=O) groups is 4. The van der Waals surface area contributed by atoms with E-state index < -0.39 is 56.7 Å². The predicted octanol–water partition coefficient (Wildman–Crippen LogP) is 5.06. The number of nitrogens with zero attached hydrogens (tertiary/aromatic N) is 4. The maximum Gasteiger partial charge on any atom is 0.301 e. The summed E-state index contributed by atoms with van der Waals surface area (Å²) < 4.78 is 0. The molecule has 3 aromatic rings.